The van der Waals surface area contributed by atoms with Crippen molar-refractivity contribution in [1.29, 1.82) is 0 Å². The molecule has 0 saturated carbocycles. The molecule has 0 aromatic carbocycles. The SMILES string of the molecule is CO[Si](CCC[n+]1ccn(CCCCS(=O)(=O)[O-])c1C)(OC)OC. The van der Waals surface area contributed by atoms with Crippen LogP contribution in [0, 0.1) is 6.92 Å². The number of aryl methyl sites for hydroxylation is 2. The van der Waals surface area contributed by atoms with E-state index in [1.165, 1.54) is 0 Å². The number of nitrogens with zero attached hydrogens (tertiary/aromatic N) is 2. The smallest absolute Gasteiger partial charge is 0.500 e. The first-order valence-corrected chi connectivity index (χ1v) is 11.4. The molecular weight excluding hydrogens is 352 g/mol. The molecule has 0 N–H and O–H groups in total. The molecule has 1 aromatic rings. The van der Waals surface area contributed by atoms with Gasteiger partial charge in [0.1, 0.15) is 12.4 Å². The molecule has 0 fully saturated rings. The Morgan fingerprint density at radius 1 is 1.17 bits per heavy atom. The second-order valence-corrected chi connectivity index (χ2v) is 10.2. The van der Waals surface area contributed by atoms with Gasteiger partial charge in [-0.05, 0) is 19.3 Å². The fraction of sp³-hybridized carbons (Fsp3) is 0.786. The Kier molecular flexibility index (Phi) is 8.54. The van der Waals surface area contributed by atoms with E-state index in [1.807, 2.05) is 19.3 Å². The predicted octanol–water partition coefficient (Wildman–Crippen LogP) is 0.678. The zero-order valence-corrected chi connectivity index (χ0v) is 16.7. The summed E-state index contributed by atoms with van der Waals surface area (Å²) in [5.74, 6) is 0.782. The van der Waals surface area contributed by atoms with Crippen LogP contribution in [0.3, 0.4) is 0 Å². The van der Waals surface area contributed by atoms with E-state index in [-0.39, 0.29) is 5.75 Å². The molecule has 10 heteroatoms. The lowest BCUT2D eigenvalue weighted by Crippen LogP contribution is -2.44. The van der Waals surface area contributed by atoms with Crippen LogP contribution < -0.4 is 4.57 Å². The van der Waals surface area contributed by atoms with Crippen molar-refractivity contribution in [2.75, 3.05) is 27.1 Å². The Labute approximate surface area is 145 Å². The van der Waals surface area contributed by atoms with E-state index in [4.69, 9.17) is 13.3 Å². The molecule has 0 amide bonds. The Balaban J connectivity index is 2.47. The van der Waals surface area contributed by atoms with E-state index in [2.05, 4.69) is 9.13 Å². The highest BCUT2D eigenvalue weighted by Gasteiger charge is 2.37. The standard InChI is InChI=1S/C14H28N2O6SSi/c1-14-15(8-5-6-12-23(17,18)19)10-11-16(14)9-7-13-24(20-2,21-3)22-4/h10-11H,5-9,12-13H2,1-4H3. The van der Waals surface area contributed by atoms with Crippen LogP contribution in [0.15, 0.2) is 12.4 Å². The molecule has 0 aliphatic heterocycles. The number of unbranched alkanes of at least 4 members (excludes halogenated alkanes) is 1. The highest BCUT2D eigenvalue weighted by Crippen LogP contribution is 2.14. The molecule has 24 heavy (non-hydrogen) atoms. The summed E-state index contributed by atoms with van der Waals surface area (Å²) in [4.78, 5) is 0. The van der Waals surface area contributed by atoms with Gasteiger partial charge in [-0.2, -0.15) is 0 Å². The first-order chi connectivity index (χ1) is 11.3. The third kappa shape index (κ3) is 6.61. The third-order valence-electron chi connectivity index (χ3n) is 4.12. The number of rotatable bonds is 12. The van der Waals surface area contributed by atoms with Crippen molar-refractivity contribution in [3.63, 3.8) is 0 Å². The minimum Gasteiger partial charge on any atom is -0.748 e. The van der Waals surface area contributed by atoms with Crippen LogP contribution in [0.5, 0.6) is 0 Å². The van der Waals surface area contributed by atoms with Crippen LogP contribution in [0.25, 0.3) is 0 Å². The minimum atomic E-state index is -4.11. The van der Waals surface area contributed by atoms with Crippen molar-refractivity contribution in [2.45, 2.75) is 45.3 Å². The van der Waals surface area contributed by atoms with E-state index in [9.17, 15) is 13.0 Å². The van der Waals surface area contributed by atoms with Crippen molar-refractivity contribution >= 4 is 18.9 Å². The third-order valence-corrected chi connectivity index (χ3v) is 7.74. The quantitative estimate of drug-likeness (QED) is 0.229. The lowest BCUT2D eigenvalue weighted by Gasteiger charge is -2.23. The second-order valence-electron chi connectivity index (χ2n) is 5.60. The van der Waals surface area contributed by atoms with Gasteiger partial charge in [0.15, 0.2) is 0 Å². The summed E-state index contributed by atoms with van der Waals surface area (Å²) < 4.78 is 52.2. The van der Waals surface area contributed by atoms with Crippen LogP contribution in [0.2, 0.25) is 6.04 Å². The predicted molar refractivity (Wildman–Crippen MR) is 89.4 cm³/mol. The molecule has 0 unspecified atom stereocenters. The zero-order valence-electron chi connectivity index (χ0n) is 14.9. The Hall–Kier alpha value is -0.783. The van der Waals surface area contributed by atoms with Crippen molar-refractivity contribution < 1.29 is 30.8 Å². The average Bonchev–Trinajstić information content (AvgIpc) is 2.88. The Morgan fingerprint density at radius 2 is 1.79 bits per heavy atom. The molecular formula is C14H28N2O6SSi. The lowest BCUT2D eigenvalue weighted by molar-refractivity contribution is -0.702. The van der Waals surface area contributed by atoms with Crippen molar-refractivity contribution in [3.05, 3.63) is 18.2 Å². The molecule has 0 saturated heterocycles. The summed E-state index contributed by atoms with van der Waals surface area (Å²) in [6, 6.07) is 0.732. The van der Waals surface area contributed by atoms with Crippen molar-refractivity contribution in [2.24, 2.45) is 0 Å². The van der Waals surface area contributed by atoms with Gasteiger partial charge >= 0.3 is 8.80 Å². The fourth-order valence-electron chi connectivity index (χ4n) is 2.60. The molecule has 0 spiro atoms. The molecule has 0 atom stereocenters. The maximum atomic E-state index is 10.6. The van der Waals surface area contributed by atoms with Gasteiger partial charge in [-0.25, -0.2) is 17.6 Å². The minimum absolute atomic E-state index is 0.301. The topological polar surface area (TPSA) is 93.7 Å². The summed E-state index contributed by atoms with van der Waals surface area (Å²) in [7, 11) is -1.82. The summed E-state index contributed by atoms with van der Waals surface area (Å²) in [6.07, 6.45) is 5.87. The summed E-state index contributed by atoms with van der Waals surface area (Å²) in [6.45, 7) is 3.53. The molecule has 0 radical (unpaired) electrons. The van der Waals surface area contributed by atoms with E-state index in [1.54, 1.807) is 21.3 Å². The first kappa shape index (κ1) is 21.3. The molecule has 0 aliphatic rings. The number of imidazole rings is 1. The highest BCUT2D eigenvalue weighted by atomic mass is 32.2. The number of hydrogen-bond acceptors (Lipinski definition) is 6. The number of aromatic nitrogens is 2. The van der Waals surface area contributed by atoms with Gasteiger partial charge in [0.05, 0.1) is 23.2 Å². The molecule has 140 valence electrons. The molecule has 1 heterocycles. The van der Waals surface area contributed by atoms with Gasteiger partial charge in [-0.1, -0.05) is 0 Å². The van der Waals surface area contributed by atoms with E-state index < -0.39 is 18.9 Å². The van der Waals surface area contributed by atoms with E-state index in [0.29, 0.717) is 19.4 Å². The fourth-order valence-corrected chi connectivity index (χ4v) is 4.86. The Bertz CT molecular complexity index is 592. The zero-order chi connectivity index (χ0) is 18.2. The Morgan fingerprint density at radius 3 is 2.33 bits per heavy atom. The monoisotopic (exact) mass is 380 g/mol. The van der Waals surface area contributed by atoms with Gasteiger partial charge in [0.25, 0.3) is 5.82 Å². The normalized spacial score (nSPS) is 12.7. The molecule has 1 rings (SSSR count). The molecule has 0 bridgehead atoms. The van der Waals surface area contributed by atoms with Gasteiger partial charge in [-0.15, -0.1) is 0 Å². The average molecular weight is 381 g/mol. The van der Waals surface area contributed by atoms with E-state index in [0.717, 1.165) is 24.8 Å². The van der Waals surface area contributed by atoms with E-state index >= 15 is 0 Å². The maximum Gasteiger partial charge on any atom is 0.500 e. The van der Waals surface area contributed by atoms with Gasteiger partial charge in [-0.3, -0.25) is 0 Å². The van der Waals surface area contributed by atoms with Crippen molar-refractivity contribution in [1.82, 2.24) is 4.57 Å². The van der Waals surface area contributed by atoms with Gasteiger partial charge in [0.2, 0.25) is 0 Å². The lowest BCUT2D eigenvalue weighted by atomic mass is 10.3. The first-order valence-electron chi connectivity index (χ1n) is 7.91. The summed E-state index contributed by atoms with van der Waals surface area (Å²) >= 11 is 0. The van der Waals surface area contributed by atoms with Crippen LogP contribution in [0.4, 0.5) is 0 Å². The highest BCUT2D eigenvalue weighted by molar-refractivity contribution is 7.85. The molecule has 0 aliphatic carbocycles. The van der Waals surface area contributed by atoms with Crippen LogP contribution >= 0.6 is 0 Å². The molecule has 8 nitrogen and oxygen atoms in total. The summed E-state index contributed by atoms with van der Waals surface area (Å²) in [5.41, 5.74) is 0. The van der Waals surface area contributed by atoms with Gasteiger partial charge < -0.3 is 17.8 Å². The van der Waals surface area contributed by atoms with Crippen LogP contribution in [0.1, 0.15) is 25.1 Å². The summed E-state index contributed by atoms with van der Waals surface area (Å²) in [5, 5.41) is 0. The number of hydrogen-bond donors (Lipinski definition) is 0. The molecule has 1 aromatic heterocycles. The van der Waals surface area contributed by atoms with Crippen LogP contribution in [-0.2, 0) is 36.5 Å². The van der Waals surface area contributed by atoms with Gasteiger partial charge in [0, 0.05) is 40.1 Å². The largest absolute Gasteiger partial charge is 0.748 e. The maximum absolute atomic E-state index is 10.6. The van der Waals surface area contributed by atoms with Crippen LogP contribution in [-0.4, -0.2) is 53.4 Å². The van der Waals surface area contributed by atoms with Crippen molar-refractivity contribution in [3.8, 4) is 0 Å². The second kappa shape index (κ2) is 9.64.